The Morgan fingerprint density at radius 3 is 2.78 bits per heavy atom. The molecule has 0 saturated heterocycles. The third-order valence-corrected chi connectivity index (χ3v) is 2.59. The molecule has 0 aromatic heterocycles. The number of amides is 2. The molecular formula is C13H16N2O3. The zero-order valence-corrected chi connectivity index (χ0v) is 10.5. The molecule has 96 valence electrons. The van der Waals surface area contributed by atoms with Crippen LogP contribution in [-0.4, -0.2) is 31.0 Å². The number of hydrogen-bond acceptors (Lipinski definition) is 3. The summed E-state index contributed by atoms with van der Waals surface area (Å²) in [5, 5.41) is 2.60. The third-order valence-electron chi connectivity index (χ3n) is 2.59. The van der Waals surface area contributed by atoms with Crippen LogP contribution < -0.4 is 15.0 Å². The van der Waals surface area contributed by atoms with Crippen LogP contribution in [-0.2, 0) is 9.59 Å². The minimum absolute atomic E-state index is 0.0577. The number of nitrogens with one attached hydrogen (secondary N) is 1. The monoisotopic (exact) mass is 248 g/mol. The van der Waals surface area contributed by atoms with Gasteiger partial charge in [0.15, 0.2) is 0 Å². The van der Waals surface area contributed by atoms with Crippen LogP contribution in [0.4, 0.5) is 5.69 Å². The van der Waals surface area contributed by atoms with Crippen molar-refractivity contribution in [2.45, 2.75) is 19.9 Å². The standard InChI is InChI=1S/C13H16N2O3/c1-9(2)14-12(16)13(17)15-7-8-18-11-6-4-3-5-10(11)15/h3-6,9H,7-8H2,1-2H3,(H,14,16). The largest absolute Gasteiger partial charge is 0.490 e. The lowest BCUT2D eigenvalue weighted by Gasteiger charge is -2.29. The van der Waals surface area contributed by atoms with Gasteiger partial charge in [-0.3, -0.25) is 14.5 Å². The van der Waals surface area contributed by atoms with E-state index in [4.69, 9.17) is 4.74 Å². The minimum atomic E-state index is -0.582. The van der Waals surface area contributed by atoms with Crippen LogP contribution in [0.3, 0.4) is 0 Å². The van der Waals surface area contributed by atoms with Crippen LogP contribution in [0.15, 0.2) is 24.3 Å². The number of carbonyl (C=O) groups is 2. The van der Waals surface area contributed by atoms with Crippen molar-refractivity contribution < 1.29 is 14.3 Å². The number of hydrogen-bond donors (Lipinski definition) is 1. The third kappa shape index (κ3) is 2.45. The highest BCUT2D eigenvalue weighted by Gasteiger charge is 2.28. The van der Waals surface area contributed by atoms with Gasteiger partial charge in [0, 0.05) is 6.04 Å². The quantitative estimate of drug-likeness (QED) is 0.752. The van der Waals surface area contributed by atoms with Gasteiger partial charge in [-0.25, -0.2) is 0 Å². The molecule has 0 atom stereocenters. The summed E-state index contributed by atoms with van der Waals surface area (Å²) in [6.07, 6.45) is 0. The van der Waals surface area contributed by atoms with Crippen molar-refractivity contribution >= 4 is 17.5 Å². The van der Waals surface area contributed by atoms with Crippen molar-refractivity contribution in [1.29, 1.82) is 0 Å². The van der Waals surface area contributed by atoms with E-state index in [0.717, 1.165) is 0 Å². The molecule has 0 bridgehead atoms. The topological polar surface area (TPSA) is 58.6 Å². The van der Waals surface area contributed by atoms with Crippen molar-refractivity contribution in [3.05, 3.63) is 24.3 Å². The maximum absolute atomic E-state index is 12.1. The molecule has 0 fully saturated rings. The van der Waals surface area contributed by atoms with Gasteiger partial charge in [-0.05, 0) is 26.0 Å². The molecule has 1 heterocycles. The van der Waals surface area contributed by atoms with E-state index in [1.165, 1.54) is 4.90 Å². The lowest BCUT2D eigenvalue weighted by Crippen LogP contribution is -2.48. The summed E-state index contributed by atoms with van der Waals surface area (Å²) in [5.41, 5.74) is 0.646. The van der Waals surface area contributed by atoms with Gasteiger partial charge in [0.1, 0.15) is 12.4 Å². The highest BCUT2D eigenvalue weighted by Crippen LogP contribution is 2.30. The first-order valence-electron chi connectivity index (χ1n) is 5.94. The average Bonchev–Trinajstić information content (AvgIpc) is 2.36. The van der Waals surface area contributed by atoms with Crippen LogP contribution in [0.1, 0.15) is 13.8 Å². The maximum atomic E-state index is 12.1. The highest BCUT2D eigenvalue weighted by molar-refractivity contribution is 6.40. The Bertz CT molecular complexity index is 471. The fourth-order valence-corrected chi connectivity index (χ4v) is 1.83. The molecule has 0 unspecified atom stereocenters. The number of benzene rings is 1. The molecule has 2 amide bonds. The van der Waals surface area contributed by atoms with Crippen molar-refractivity contribution in [3.8, 4) is 5.75 Å². The van der Waals surface area contributed by atoms with Crippen LogP contribution in [0.2, 0.25) is 0 Å². The zero-order chi connectivity index (χ0) is 13.1. The first kappa shape index (κ1) is 12.4. The Kier molecular flexibility index (Phi) is 3.50. The summed E-state index contributed by atoms with van der Waals surface area (Å²) in [6, 6.07) is 7.15. The fourth-order valence-electron chi connectivity index (χ4n) is 1.83. The van der Waals surface area contributed by atoms with E-state index in [0.29, 0.717) is 24.6 Å². The lowest BCUT2D eigenvalue weighted by atomic mass is 10.2. The molecule has 18 heavy (non-hydrogen) atoms. The van der Waals surface area contributed by atoms with Crippen LogP contribution in [0, 0.1) is 0 Å². The van der Waals surface area contributed by atoms with Gasteiger partial charge in [-0.1, -0.05) is 12.1 Å². The molecule has 1 N–H and O–H groups in total. The molecule has 1 aromatic carbocycles. The second-order valence-electron chi connectivity index (χ2n) is 4.40. The smallest absolute Gasteiger partial charge is 0.316 e. The number of anilines is 1. The van der Waals surface area contributed by atoms with Crippen LogP contribution >= 0.6 is 0 Å². The second kappa shape index (κ2) is 5.08. The molecule has 2 rings (SSSR count). The number of rotatable bonds is 1. The maximum Gasteiger partial charge on any atom is 0.316 e. The van der Waals surface area contributed by atoms with E-state index >= 15 is 0 Å². The minimum Gasteiger partial charge on any atom is -0.490 e. The predicted octanol–water partition coefficient (Wildman–Crippen LogP) is 0.937. The predicted molar refractivity (Wildman–Crippen MR) is 67.6 cm³/mol. The first-order valence-corrected chi connectivity index (χ1v) is 5.94. The molecule has 5 heteroatoms. The Labute approximate surface area is 106 Å². The summed E-state index contributed by atoms with van der Waals surface area (Å²) in [4.78, 5) is 25.2. The first-order chi connectivity index (χ1) is 8.59. The molecule has 0 aliphatic carbocycles. The lowest BCUT2D eigenvalue weighted by molar-refractivity contribution is -0.138. The van der Waals surface area contributed by atoms with E-state index < -0.39 is 11.8 Å². The van der Waals surface area contributed by atoms with Gasteiger partial charge in [0.25, 0.3) is 0 Å². The van der Waals surface area contributed by atoms with Gasteiger partial charge >= 0.3 is 11.8 Å². The summed E-state index contributed by atoms with van der Waals surface area (Å²) in [7, 11) is 0. The van der Waals surface area contributed by atoms with E-state index in [9.17, 15) is 9.59 Å². The van der Waals surface area contributed by atoms with Crippen molar-refractivity contribution in [2.75, 3.05) is 18.1 Å². The van der Waals surface area contributed by atoms with Crippen molar-refractivity contribution in [1.82, 2.24) is 5.32 Å². The van der Waals surface area contributed by atoms with E-state index in [2.05, 4.69) is 5.32 Å². The Balaban J connectivity index is 2.20. The van der Waals surface area contributed by atoms with E-state index in [1.807, 2.05) is 26.0 Å². The molecule has 5 nitrogen and oxygen atoms in total. The molecule has 0 spiro atoms. The second-order valence-corrected chi connectivity index (χ2v) is 4.40. The summed E-state index contributed by atoms with van der Waals surface area (Å²) in [5.74, 6) is -0.490. The van der Waals surface area contributed by atoms with Gasteiger partial charge in [-0.2, -0.15) is 0 Å². The van der Waals surface area contributed by atoms with Gasteiger partial charge < -0.3 is 10.1 Å². The van der Waals surface area contributed by atoms with Gasteiger partial charge in [0.05, 0.1) is 12.2 Å². The SMILES string of the molecule is CC(C)NC(=O)C(=O)N1CCOc2ccccc21. The van der Waals surface area contributed by atoms with E-state index in [1.54, 1.807) is 12.1 Å². The molecule has 0 radical (unpaired) electrons. The number of fused-ring (bicyclic) bond motifs is 1. The van der Waals surface area contributed by atoms with Crippen LogP contribution in [0.25, 0.3) is 0 Å². The molecule has 1 aliphatic heterocycles. The highest BCUT2D eigenvalue weighted by atomic mass is 16.5. The Hall–Kier alpha value is -2.04. The number of para-hydroxylation sites is 2. The molecule has 1 aliphatic rings. The van der Waals surface area contributed by atoms with Gasteiger partial charge in [0.2, 0.25) is 0 Å². The normalized spacial score (nSPS) is 13.8. The summed E-state index contributed by atoms with van der Waals surface area (Å²) < 4.78 is 5.44. The van der Waals surface area contributed by atoms with Gasteiger partial charge in [-0.15, -0.1) is 0 Å². The van der Waals surface area contributed by atoms with Crippen LogP contribution in [0.5, 0.6) is 5.75 Å². The number of ether oxygens (including phenoxy) is 1. The number of nitrogens with zero attached hydrogens (tertiary/aromatic N) is 1. The number of carbonyl (C=O) groups excluding carboxylic acids is 2. The molecule has 0 saturated carbocycles. The summed E-state index contributed by atoms with van der Waals surface area (Å²) >= 11 is 0. The Morgan fingerprint density at radius 2 is 2.06 bits per heavy atom. The van der Waals surface area contributed by atoms with Crippen molar-refractivity contribution in [2.24, 2.45) is 0 Å². The summed E-state index contributed by atoms with van der Waals surface area (Å²) in [6.45, 7) is 4.43. The van der Waals surface area contributed by atoms with E-state index in [-0.39, 0.29) is 6.04 Å². The average molecular weight is 248 g/mol. The molecule has 1 aromatic rings. The fraction of sp³-hybridized carbons (Fsp3) is 0.385. The van der Waals surface area contributed by atoms with Crippen molar-refractivity contribution in [3.63, 3.8) is 0 Å². The Morgan fingerprint density at radius 1 is 1.33 bits per heavy atom. The zero-order valence-electron chi connectivity index (χ0n) is 10.5. The molecular weight excluding hydrogens is 232 g/mol.